The van der Waals surface area contributed by atoms with Gasteiger partial charge in [0.05, 0.1) is 12.8 Å². The van der Waals surface area contributed by atoms with Gasteiger partial charge in [-0.25, -0.2) is 0 Å². The maximum Gasteiger partial charge on any atom is 0.244 e. The van der Waals surface area contributed by atoms with E-state index in [4.69, 9.17) is 4.74 Å². The van der Waals surface area contributed by atoms with E-state index in [0.29, 0.717) is 12.1 Å². The molecule has 31 heavy (non-hydrogen) atoms. The van der Waals surface area contributed by atoms with Crippen LogP contribution in [0.3, 0.4) is 0 Å². The van der Waals surface area contributed by atoms with Crippen molar-refractivity contribution in [3.8, 4) is 5.75 Å². The quantitative estimate of drug-likeness (QED) is 0.494. The number of anilines is 2. The summed E-state index contributed by atoms with van der Waals surface area (Å²) in [5.74, 6) is 0.461. The van der Waals surface area contributed by atoms with Crippen molar-refractivity contribution in [3.05, 3.63) is 82.8 Å². The number of fused-ring (bicyclic) bond motifs is 1. The predicted octanol–water partition coefficient (Wildman–Crippen LogP) is 5.67. The number of carbonyl (C=O) groups excluding carboxylic acids is 2. The number of para-hydroxylation sites is 1. The zero-order valence-electron chi connectivity index (χ0n) is 16.9. The van der Waals surface area contributed by atoms with Gasteiger partial charge in [-0.15, -0.1) is 11.8 Å². The van der Waals surface area contributed by atoms with E-state index in [2.05, 4.69) is 21.2 Å². The molecule has 1 aliphatic heterocycles. The van der Waals surface area contributed by atoms with Crippen molar-refractivity contribution in [2.45, 2.75) is 16.6 Å². The van der Waals surface area contributed by atoms with Crippen LogP contribution in [0.15, 0.2) is 82.2 Å². The van der Waals surface area contributed by atoms with E-state index in [0.717, 1.165) is 26.4 Å². The molecule has 2 amide bonds. The molecule has 3 aromatic carbocycles. The second-order valence-corrected chi connectivity index (χ2v) is 9.25. The summed E-state index contributed by atoms with van der Waals surface area (Å²) < 4.78 is 6.18. The zero-order valence-corrected chi connectivity index (χ0v) is 19.3. The normalized spacial score (nSPS) is 15.7. The average Bonchev–Trinajstić information content (AvgIpc) is 2.92. The summed E-state index contributed by atoms with van der Waals surface area (Å²) >= 11 is 5.03. The van der Waals surface area contributed by atoms with Gasteiger partial charge >= 0.3 is 0 Å². The SMILES string of the molecule is COc1ccc([C@H]2CC(=O)N(CC(=O)Nc3ccc(Br)cc3)c3ccccc3S2)cc1. The van der Waals surface area contributed by atoms with E-state index >= 15 is 0 Å². The molecule has 0 saturated carbocycles. The Morgan fingerprint density at radius 3 is 2.52 bits per heavy atom. The minimum Gasteiger partial charge on any atom is -0.497 e. The number of rotatable bonds is 5. The highest BCUT2D eigenvalue weighted by molar-refractivity contribution is 9.10. The molecule has 0 aliphatic carbocycles. The van der Waals surface area contributed by atoms with Crippen molar-refractivity contribution in [1.29, 1.82) is 0 Å². The Morgan fingerprint density at radius 1 is 1.10 bits per heavy atom. The van der Waals surface area contributed by atoms with Gasteiger partial charge in [-0.3, -0.25) is 9.59 Å². The lowest BCUT2D eigenvalue weighted by molar-refractivity contribution is -0.121. The molecule has 0 radical (unpaired) electrons. The summed E-state index contributed by atoms with van der Waals surface area (Å²) in [5.41, 5.74) is 2.50. The Balaban J connectivity index is 1.56. The van der Waals surface area contributed by atoms with Crippen LogP contribution in [0.25, 0.3) is 0 Å². The van der Waals surface area contributed by atoms with E-state index in [-0.39, 0.29) is 23.6 Å². The number of halogens is 1. The second-order valence-electron chi connectivity index (χ2n) is 7.09. The standard InChI is InChI=1S/C24H21BrN2O3S/c1-30-19-12-6-16(7-13-19)22-14-24(29)27(20-4-2-3-5-21(20)31-22)15-23(28)26-18-10-8-17(25)9-11-18/h2-13,22H,14-15H2,1H3,(H,26,28)/t22-/m1/s1. The molecule has 1 aliphatic rings. The predicted molar refractivity (Wildman–Crippen MR) is 128 cm³/mol. The molecule has 0 saturated heterocycles. The van der Waals surface area contributed by atoms with Gasteiger partial charge < -0.3 is 15.0 Å². The smallest absolute Gasteiger partial charge is 0.244 e. The van der Waals surface area contributed by atoms with Gasteiger partial charge in [-0.05, 0) is 54.1 Å². The van der Waals surface area contributed by atoms with Crippen molar-refractivity contribution in [3.63, 3.8) is 0 Å². The Morgan fingerprint density at radius 2 is 1.81 bits per heavy atom. The van der Waals surface area contributed by atoms with Crippen LogP contribution < -0.4 is 15.0 Å². The summed E-state index contributed by atoms with van der Waals surface area (Å²) in [7, 11) is 1.63. The van der Waals surface area contributed by atoms with Crippen LogP contribution in [0.2, 0.25) is 0 Å². The molecule has 158 valence electrons. The van der Waals surface area contributed by atoms with E-state index in [9.17, 15) is 9.59 Å². The lowest BCUT2D eigenvalue weighted by Gasteiger charge is -2.22. The summed E-state index contributed by atoms with van der Waals surface area (Å²) in [5, 5.41) is 2.83. The minimum atomic E-state index is -0.238. The molecule has 0 aromatic heterocycles. The number of methoxy groups -OCH3 is 1. The Hall–Kier alpha value is -2.77. The number of amides is 2. The van der Waals surface area contributed by atoms with Crippen LogP contribution >= 0.6 is 27.7 Å². The molecule has 0 spiro atoms. The highest BCUT2D eigenvalue weighted by Crippen LogP contribution is 2.45. The Labute approximate surface area is 193 Å². The van der Waals surface area contributed by atoms with Crippen LogP contribution in [0, 0.1) is 0 Å². The molecule has 1 N–H and O–H groups in total. The van der Waals surface area contributed by atoms with E-state index in [1.807, 2.05) is 72.8 Å². The molecule has 0 bridgehead atoms. The molecule has 1 heterocycles. The molecular weight excluding hydrogens is 476 g/mol. The lowest BCUT2D eigenvalue weighted by Crippen LogP contribution is -2.38. The fourth-order valence-electron chi connectivity index (χ4n) is 3.43. The fraction of sp³-hybridized carbons (Fsp3) is 0.167. The Bertz CT molecular complexity index is 1090. The first-order chi connectivity index (χ1) is 15.0. The summed E-state index contributed by atoms with van der Waals surface area (Å²) in [6.07, 6.45) is 0.303. The first-order valence-electron chi connectivity index (χ1n) is 9.79. The first kappa shape index (κ1) is 21.5. The van der Waals surface area contributed by atoms with Crippen LogP contribution in [0.1, 0.15) is 17.2 Å². The van der Waals surface area contributed by atoms with Gasteiger partial charge in [0.2, 0.25) is 11.8 Å². The molecule has 3 aromatic rings. The van der Waals surface area contributed by atoms with Gasteiger partial charge in [0.15, 0.2) is 0 Å². The molecule has 7 heteroatoms. The highest BCUT2D eigenvalue weighted by Gasteiger charge is 2.30. The van der Waals surface area contributed by atoms with Crippen LogP contribution in [0.5, 0.6) is 5.75 Å². The summed E-state index contributed by atoms with van der Waals surface area (Å²) in [6.45, 7) is -0.0399. The summed E-state index contributed by atoms with van der Waals surface area (Å²) in [6, 6.07) is 22.9. The van der Waals surface area contributed by atoms with Crippen LogP contribution in [0.4, 0.5) is 11.4 Å². The lowest BCUT2D eigenvalue weighted by atomic mass is 10.1. The summed E-state index contributed by atoms with van der Waals surface area (Å²) in [4.78, 5) is 28.5. The number of carbonyl (C=O) groups is 2. The molecule has 5 nitrogen and oxygen atoms in total. The molecule has 0 fully saturated rings. The number of ether oxygens (including phenoxy) is 1. The monoisotopic (exact) mass is 496 g/mol. The second kappa shape index (κ2) is 9.58. The topological polar surface area (TPSA) is 58.6 Å². The highest BCUT2D eigenvalue weighted by atomic mass is 79.9. The maximum absolute atomic E-state index is 13.2. The van der Waals surface area contributed by atoms with Crippen molar-refractivity contribution in [2.24, 2.45) is 0 Å². The van der Waals surface area contributed by atoms with Gasteiger partial charge in [0.25, 0.3) is 0 Å². The van der Waals surface area contributed by atoms with Crippen molar-refractivity contribution in [2.75, 3.05) is 23.9 Å². The van der Waals surface area contributed by atoms with Crippen molar-refractivity contribution in [1.82, 2.24) is 0 Å². The molecular formula is C24H21BrN2O3S. The van der Waals surface area contributed by atoms with E-state index in [1.54, 1.807) is 23.8 Å². The Kier molecular flexibility index (Phi) is 6.63. The minimum absolute atomic E-state index is 0.0399. The maximum atomic E-state index is 13.2. The van der Waals surface area contributed by atoms with Gasteiger partial charge in [0, 0.05) is 26.7 Å². The number of thioether (sulfide) groups is 1. The van der Waals surface area contributed by atoms with E-state index < -0.39 is 0 Å². The van der Waals surface area contributed by atoms with Crippen molar-refractivity contribution < 1.29 is 14.3 Å². The third-order valence-electron chi connectivity index (χ3n) is 5.00. The zero-order chi connectivity index (χ0) is 21.8. The van der Waals surface area contributed by atoms with Gasteiger partial charge in [-0.2, -0.15) is 0 Å². The third-order valence-corrected chi connectivity index (χ3v) is 6.85. The number of hydrogen-bond donors (Lipinski definition) is 1. The largest absolute Gasteiger partial charge is 0.497 e. The molecule has 4 rings (SSSR count). The molecule has 0 unspecified atom stereocenters. The van der Waals surface area contributed by atoms with E-state index in [1.165, 1.54) is 0 Å². The number of benzene rings is 3. The number of nitrogens with one attached hydrogen (secondary N) is 1. The fourth-order valence-corrected chi connectivity index (χ4v) is 4.98. The average molecular weight is 497 g/mol. The number of hydrogen-bond acceptors (Lipinski definition) is 4. The number of nitrogens with zero attached hydrogens (tertiary/aromatic N) is 1. The first-order valence-corrected chi connectivity index (χ1v) is 11.5. The van der Waals surface area contributed by atoms with Gasteiger partial charge in [0.1, 0.15) is 12.3 Å². The third kappa shape index (κ3) is 5.11. The van der Waals surface area contributed by atoms with Crippen LogP contribution in [-0.2, 0) is 9.59 Å². The molecule has 1 atom stereocenters. The van der Waals surface area contributed by atoms with Crippen molar-refractivity contribution >= 4 is 50.9 Å². The van der Waals surface area contributed by atoms with Crippen LogP contribution in [-0.4, -0.2) is 25.5 Å². The van der Waals surface area contributed by atoms with Gasteiger partial charge in [-0.1, -0.05) is 40.2 Å².